The fourth-order valence-corrected chi connectivity index (χ4v) is 2.26. The zero-order valence-electron chi connectivity index (χ0n) is 13.7. The molecular weight excluding hydrogens is 328 g/mol. The van der Waals surface area contributed by atoms with Gasteiger partial charge in [0, 0.05) is 27.7 Å². The third-order valence-corrected chi connectivity index (χ3v) is 2.96. The topological polar surface area (TPSA) is 135 Å². The van der Waals surface area contributed by atoms with Gasteiger partial charge in [-0.1, -0.05) is 0 Å². The quantitative estimate of drug-likeness (QED) is 0.490. The molecule has 1 unspecified atom stereocenters. The summed E-state index contributed by atoms with van der Waals surface area (Å²) in [5.74, 6) is -3.00. The minimum absolute atomic E-state index is 0.625. The third-order valence-electron chi connectivity index (χ3n) is 2.96. The highest BCUT2D eigenvalue weighted by Crippen LogP contribution is 2.29. The van der Waals surface area contributed by atoms with Gasteiger partial charge in [-0.2, -0.15) is 0 Å². The standard InChI is InChI=1S/C14H20O10/c1-6(16)20-11-10(5-15)24-14(23-9(4)19)13(22-8(3)18)12(11)21-7(2)17/h10-15H,5H2,1-4H3/t10-,11-,12+,13-,14?/m1/s1. The van der Waals surface area contributed by atoms with E-state index in [1.165, 1.54) is 0 Å². The minimum Gasteiger partial charge on any atom is -0.456 e. The van der Waals surface area contributed by atoms with E-state index in [-0.39, 0.29) is 0 Å². The molecular formula is C14H20O10. The summed E-state index contributed by atoms with van der Waals surface area (Å²) < 4.78 is 25.4. The normalized spacial score (nSPS) is 29.3. The summed E-state index contributed by atoms with van der Waals surface area (Å²) in [5, 5.41) is 9.44. The number of carbonyl (C=O) groups excluding carboxylic acids is 4. The lowest BCUT2D eigenvalue weighted by molar-refractivity contribution is -0.299. The van der Waals surface area contributed by atoms with Crippen LogP contribution in [-0.2, 0) is 42.9 Å². The van der Waals surface area contributed by atoms with Crippen LogP contribution < -0.4 is 0 Å². The summed E-state index contributed by atoms with van der Waals surface area (Å²) in [4.78, 5) is 45.3. The summed E-state index contributed by atoms with van der Waals surface area (Å²) in [5.41, 5.74) is 0. The zero-order valence-corrected chi connectivity index (χ0v) is 13.7. The highest BCUT2D eigenvalue weighted by Gasteiger charge is 2.53. The molecule has 1 aliphatic rings. The second-order valence-corrected chi connectivity index (χ2v) is 5.06. The molecule has 0 saturated carbocycles. The van der Waals surface area contributed by atoms with Crippen LogP contribution in [0.1, 0.15) is 27.7 Å². The Hall–Kier alpha value is -2.20. The van der Waals surface area contributed by atoms with Crippen LogP contribution in [0.3, 0.4) is 0 Å². The second-order valence-electron chi connectivity index (χ2n) is 5.06. The van der Waals surface area contributed by atoms with Crippen molar-refractivity contribution in [3.05, 3.63) is 0 Å². The Morgan fingerprint density at radius 3 is 1.58 bits per heavy atom. The fraction of sp³-hybridized carbons (Fsp3) is 0.714. The van der Waals surface area contributed by atoms with Crippen LogP contribution in [0, 0.1) is 0 Å². The first-order chi connectivity index (χ1) is 11.1. The molecule has 0 bridgehead atoms. The molecule has 0 radical (unpaired) electrons. The number of ether oxygens (including phenoxy) is 5. The summed E-state index contributed by atoms with van der Waals surface area (Å²) in [6, 6.07) is 0. The van der Waals surface area contributed by atoms with Gasteiger partial charge in [0.25, 0.3) is 0 Å². The van der Waals surface area contributed by atoms with Crippen LogP contribution in [0.5, 0.6) is 0 Å². The summed E-state index contributed by atoms with van der Waals surface area (Å²) in [7, 11) is 0. The van der Waals surface area contributed by atoms with Gasteiger partial charge in [-0.3, -0.25) is 19.2 Å². The Balaban J connectivity index is 3.23. The molecule has 1 heterocycles. The van der Waals surface area contributed by atoms with E-state index in [2.05, 4.69) is 0 Å². The van der Waals surface area contributed by atoms with Gasteiger partial charge in [0.1, 0.15) is 6.10 Å². The predicted octanol–water partition coefficient (Wildman–Crippen LogP) is -0.938. The van der Waals surface area contributed by atoms with E-state index in [0.29, 0.717) is 0 Å². The Kier molecular flexibility index (Phi) is 7.11. The smallest absolute Gasteiger partial charge is 0.305 e. The molecule has 10 nitrogen and oxygen atoms in total. The van der Waals surface area contributed by atoms with Gasteiger partial charge in [-0.05, 0) is 0 Å². The van der Waals surface area contributed by atoms with E-state index in [1.807, 2.05) is 0 Å². The zero-order chi connectivity index (χ0) is 18.4. The van der Waals surface area contributed by atoms with Gasteiger partial charge in [-0.15, -0.1) is 0 Å². The molecule has 10 heteroatoms. The lowest BCUT2D eigenvalue weighted by atomic mass is 9.98. The Morgan fingerprint density at radius 2 is 1.17 bits per heavy atom. The second kappa shape index (κ2) is 8.60. The van der Waals surface area contributed by atoms with Crippen LogP contribution in [0.15, 0.2) is 0 Å². The average molecular weight is 348 g/mol. The van der Waals surface area contributed by atoms with Gasteiger partial charge >= 0.3 is 23.9 Å². The minimum atomic E-state index is -1.44. The molecule has 1 N–H and O–H groups in total. The molecule has 1 aliphatic heterocycles. The summed E-state index contributed by atoms with van der Waals surface area (Å²) >= 11 is 0. The van der Waals surface area contributed by atoms with E-state index < -0.39 is 61.2 Å². The fourth-order valence-electron chi connectivity index (χ4n) is 2.26. The number of hydrogen-bond acceptors (Lipinski definition) is 10. The maximum atomic E-state index is 11.4. The highest BCUT2D eigenvalue weighted by atomic mass is 16.7. The molecule has 136 valence electrons. The van der Waals surface area contributed by atoms with Crippen LogP contribution in [0.25, 0.3) is 0 Å². The first-order valence-electron chi connectivity index (χ1n) is 7.11. The van der Waals surface area contributed by atoms with Gasteiger partial charge in [0.15, 0.2) is 12.2 Å². The van der Waals surface area contributed by atoms with E-state index in [9.17, 15) is 24.3 Å². The lowest BCUT2D eigenvalue weighted by Crippen LogP contribution is -2.62. The van der Waals surface area contributed by atoms with Crippen LogP contribution in [-0.4, -0.2) is 66.3 Å². The molecule has 1 fully saturated rings. The van der Waals surface area contributed by atoms with Gasteiger partial charge in [-0.25, -0.2) is 0 Å². The van der Waals surface area contributed by atoms with Crippen molar-refractivity contribution in [2.75, 3.05) is 6.61 Å². The van der Waals surface area contributed by atoms with E-state index >= 15 is 0 Å². The van der Waals surface area contributed by atoms with Gasteiger partial charge in [0.05, 0.1) is 6.61 Å². The average Bonchev–Trinajstić information content (AvgIpc) is 2.42. The molecule has 0 amide bonds. The Labute approximate surface area is 137 Å². The number of aliphatic hydroxyl groups excluding tert-OH is 1. The first kappa shape index (κ1) is 19.8. The van der Waals surface area contributed by atoms with Crippen molar-refractivity contribution in [1.29, 1.82) is 0 Å². The van der Waals surface area contributed by atoms with Crippen molar-refractivity contribution < 1.29 is 48.0 Å². The predicted molar refractivity (Wildman–Crippen MR) is 74.2 cm³/mol. The van der Waals surface area contributed by atoms with E-state index in [4.69, 9.17) is 23.7 Å². The maximum absolute atomic E-state index is 11.4. The molecule has 0 aromatic heterocycles. The largest absolute Gasteiger partial charge is 0.456 e. The van der Waals surface area contributed by atoms with Gasteiger partial charge < -0.3 is 28.8 Å². The maximum Gasteiger partial charge on any atom is 0.305 e. The Morgan fingerprint density at radius 1 is 0.750 bits per heavy atom. The van der Waals surface area contributed by atoms with Crippen molar-refractivity contribution >= 4 is 23.9 Å². The number of hydrogen-bond donors (Lipinski definition) is 1. The molecule has 0 aromatic rings. The van der Waals surface area contributed by atoms with Crippen LogP contribution in [0.2, 0.25) is 0 Å². The van der Waals surface area contributed by atoms with Crippen molar-refractivity contribution in [2.24, 2.45) is 0 Å². The molecule has 0 aliphatic carbocycles. The van der Waals surface area contributed by atoms with E-state index in [0.717, 1.165) is 27.7 Å². The van der Waals surface area contributed by atoms with Crippen LogP contribution >= 0.6 is 0 Å². The first-order valence-corrected chi connectivity index (χ1v) is 7.11. The molecule has 1 rings (SSSR count). The van der Waals surface area contributed by atoms with Crippen molar-refractivity contribution in [2.45, 2.75) is 58.4 Å². The molecule has 0 aromatic carbocycles. The van der Waals surface area contributed by atoms with Crippen molar-refractivity contribution in [3.63, 3.8) is 0 Å². The lowest BCUT2D eigenvalue weighted by Gasteiger charge is -2.43. The number of esters is 4. The molecule has 24 heavy (non-hydrogen) atoms. The van der Waals surface area contributed by atoms with E-state index in [1.54, 1.807) is 0 Å². The highest BCUT2D eigenvalue weighted by molar-refractivity contribution is 5.69. The Bertz CT molecular complexity index is 502. The SMILES string of the molecule is CC(=O)OC1O[C@H](CO)[C@@H](OC(C)=O)[C@H](OC(C)=O)[C@H]1OC(C)=O. The summed E-state index contributed by atoms with van der Waals surface area (Å²) in [6.07, 6.45) is -6.56. The molecule has 5 atom stereocenters. The summed E-state index contributed by atoms with van der Waals surface area (Å²) in [6.45, 7) is 3.77. The number of rotatable bonds is 5. The van der Waals surface area contributed by atoms with Crippen molar-refractivity contribution in [3.8, 4) is 0 Å². The molecule has 1 saturated heterocycles. The monoisotopic (exact) mass is 348 g/mol. The number of carbonyl (C=O) groups is 4. The molecule has 0 spiro atoms. The number of aliphatic hydroxyl groups is 1. The van der Waals surface area contributed by atoms with Crippen LogP contribution in [0.4, 0.5) is 0 Å². The van der Waals surface area contributed by atoms with Gasteiger partial charge in [0.2, 0.25) is 12.4 Å². The van der Waals surface area contributed by atoms with Crippen molar-refractivity contribution in [1.82, 2.24) is 0 Å². The third kappa shape index (κ3) is 5.46.